The van der Waals surface area contributed by atoms with Gasteiger partial charge in [-0.3, -0.25) is 0 Å². The van der Waals surface area contributed by atoms with E-state index >= 15 is 0 Å². The van der Waals surface area contributed by atoms with E-state index in [-0.39, 0.29) is 11.8 Å². The summed E-state index contributed by atoms with van der Waals surface area (Å²) >= 11 is 0. The summed E-state index contributed by atoms with van der Waals surface area (Å²) in [4.78, 5) is 0. The quantitative estimate of drug-likeness (QED) is 0.704. The highest BCUT2D eigenvalue weighted by molar-refractivity contribution is 5.02. The number of ether oxygens (including phenoxy) is 1. The van der Waals surface area contributed by atoms with Crippen LogP contribution in [0.1, 0.15) is 51.9 Å². The maximum absolute atomic E-state index is 14.7. The molecule has 7 unspecified atom stereocenters. The van der Waals surface area contributed by atoms with Crippen molar-refractivity contribution in [1.29, 1.82) is 0 Å². The first-order valence-electron chi connectivity index (χ1n) is 8.98. The average Bonchev–Trinajstić information content (AvgIpc) is 2.52. The first-order valence-corrected chi connectivity index (χ1v) is 8.98. The summed E-state index contributed by atoms with van der Waals surface area (Å²) in [5, 5.41) is 0. The second-order valence-corrected chi connectivity index (χ2v) is 7.94. The lowest BCUT2D eigenvalue weighted by Gasteiger charge is -2.49. The summed E-state index contributed by atoms with van der Waals surface area (Å²) < 4.78 is 49.0. The zero-order chi connectivity index (χ0) is 15.9. The van der Waals surface area contributed by atoms with Crippen molar-refractivity contribution in [3.05, 3.63) is 0 Å². The molecule has 1 nitrogen and oxygen atoms in total. The lowest BCUT2D eigenvalue weighted by Crippen LogP contribution is -2.54. The van der Waals surface area contributed by atoms with Gasteiger partial charge in [-0.25, -0.2) is 13.2 Å². The van der Waals surface area contributed by atoms with E-state index < -0.39 is 30.5 Å². The first-order chi connectivity index (χ1) is 10.5. The van der Waals surface area contributed by atoms with Crippen molar-refractivity contribution in [3.8, 4) is 0 Å². The molecule has 0 bridgehead atoms. The highest BCUT2D eigenvalue weighted by Crippen LogP contribution is 2.51. The van der Waals surface area contributed by atoms with Crippen LogP contribution in [0.2, 0.25) is 0 Å². The predicted molar refractivity (Wildman–Crippen MR) is 80.9 cm³/mol. The number of fused-ring (bicyclic) bond motifs is 1. The second kappa shape index (κ2) is 6.70. The third kappa shape index (κ3) is 2.92. The topological polar surface area (TPSA) is 9.23 Å². The van der Waals surface area contributed by atoms with Gasteiger partial charge >= 0.3 is 0 Å². The molecule has 7 atom stereocenters. The van der Waals surface area contributed by atoms with Gasteiger partial charge < -0.3 is 4.74 Å². The van der Waals surface area contributed by atoms with E-state index in [1.165, 1.54) is 7.11 Å². The second-order valence-electron chi connectivity index (χ2n) is 7.94. The molecule has 0 heterocycles. The Labute approximate surface area is 132 Å². The van der Waals surface area contributed by atoms with Crippen molar-refractivity contribution < 1.29 is 17.9 Å². The molecule has 4 heteroatoms. The van der Waals surface area contributed by atoms with Crippen LogP contribution in [-0.2, 0) is 4.74 Å². The molecule has 0 aliphatic heterocycles. The van der Waals surface area contributed by atoms with Crippen LogP contribution in [0.4, 0.5) is 13.2 Å². The van der Waals surface area contributed by atoms with Gasteiger partial charge in [0.15, 0.2) is 0 Å². The van der Waals surface area contributed by atoms with E-state index in [0.29, 0.717) is 24.7 Å². The van der Waals surface area contributed by atoms with E-state index in [2.05, 4.69) is 6.92 Å². The Hall–Kier alpha value is -0.250. The van der Waals surface area contributed by atoms with Crippen LogP contribution in [0.25, 0.3) is 0 Å². The molecule has 0 N–H and O–H groups in total. The van der Waals surface area contributed by atoms with Gasteiger partial charge in [-0.15, -0.1) is 0 Å². The molecule has 0 radical (unpaired) electrons. The maximum atomic E-state index is 14.7. The average molecular weight is 318 g/mol. The van der Waals surface area contributed by atoms with Crippen LogP contribution < -0.4 is 0 Å². The molecule has 3 fully saturated rings. The zero-order valence-electron chi connectivity index (χ0n) is 13.7. The predicted octanol–water partition coefficient (Wildman–Crippen LogP) is 4.89. The Kier molecular flexibility index (Phi) is 5.06. The molecular weight excluding hydrogens is 289 g/mol. The molecule has 0 aromatic heterocycles. The van der Waals surface area contributed by atoms with Crippen molar-refractivity contribution >= 4 is 0 Å². The molecule has 3 aliphatic rings. The van der Waals surface area contributed by atoms with Gasteiger partial charge in [0.2, 0.25) is 0 Å². The third-order valence-corrected chi connectivity index (χ3v) is 6.71. The molecule has 3 aliphatic carbocycles. The summed E-state index contributed by atoms with van der Waals surface area (Å²) in [5.41, 5.74) is 0. The summed E-state index contributed by atoms with van der Waals surface area (Å²) in [5.74, 6) is -0.00180. The number of halogens is 3. The van der Waals surface area contributed by atoms with E-state index in [1.807, 2.05) is 0 Å². The number of rotatable bonds is 2. The minimum Gasteiger partial charge on any atom is -0.378 e. The minimum atomic E-state index is -1.66. The Balaban J connectivity index is 1.71. The molecule has 22 heavy (non-hydrogen) atoms. The molecule has 128 valence electrons. The molecule has 3 saturated carbocycles. The Morgan fingerprint density at radius 2 is 1.41 bits per heavy atom. The molecular formula is C18H29F3O. The Morgan fingerprint density at radius 3 is 2.05 bits per heavy atom. The summed E-state index contributed by atoms with van der Waals surface area (Å²) in [6.07, 6.45) is 1.28. The maximum Gasteiger partial charge on any atom is 0.137 e. The van der Waals surface area contributed by atoms with Crippen molar-refractivity contribution in [2.45, 2.75) is 76.5 Å². The first kappa shape index (κ1) is 16.6. The molecule has 3 rings (SSSR count). The lowest BCUT2D eigenvalue weighted by molar-refractivity contribution is -0.124. The summed E-state index contributed by atoms with van der Waals surface area (Å²) in [6.45, 7) is 2.23. The van der Waals surface area contributed by atoms with Gasteiger partial charge in [0.05, 0.1) is 6.10 Å². The molecule has 0 amide bonds. The van der Waals surface area contributed by atoms with E-state index in [1.54, 1.807) is 0 Å². The van der Waals surface area contributed by atoms with Gasteiger partial charge in [-0.2, -0.15) is 0 Å². The van der Waals surface area contributed by atoms with Gasteiger partial charge in [0, 0.05) is 13.0 Å². The largest absolute Gasteiger partial charge is 0.378 e. The fraction of sp³-hybridized carbons (Fsp3) is 1.00. The molecule has 0 aromatic carbocycles. The standard InChI is InChI=1S/C18H29F3O/c1-10-3-5-11(6-4-10)13-9-12-7-8-14(22-2)17(20)15(12)18(21)16(13)19/h10-18H,3-9H2,1-2H3. The van der Waals surface area contributed by atoms with E-state index in [9.17, 15) is 13.2 Å². The van der Waals surface area contributed by atoms with Crippen LogP contribution in [0, 0.1) is 29.6 Å². The minimum absolute atomic E-state index is 0.00671. The number of alkyl halides is 3. The van der Waals surface area contributed by atoms with Crippen molar-refractivity contribution in [2.75, 3.05) is 7.11 Å². The van der Waals surface area contributed by atoms with Gasteiger partial charge in [0.25, 0.3) is 0 Å². The van der Waals surface area contributed by atoms with E-state index in [4.69, 9.17) is 4.74 Å². The van der Waals surface area contributed by atoms with E-state index in [0.717, 1.165) is 32.1 Å². The Bertz CT molecular complexity index is 367. The molecule has 0 spiro atoms. The van der Waals surface area contributed by atoms with Crippen LogP contribution >= 0.6 is 0 Å². The SMILES string of the molecule is COC1CCC2CC(C3CCC(C)CC3)C(F)C(F)C2C1F. The van der Waals surface area contributed by atoms with Crippen molar-refractivity contribution in [2.24, 2.45) is 29.6 Å². The van der Waals surface area contributed by atoms with Crippen molar-refractivity contribution in [3.63, 3.8) is 0 Å². The van der Waals surface area contributed by atoms with Gasteiger partial charge in [-0.1, -0.05) is 19.8 Å². The third-order valence-electron chi connectivity index (χ3n) is 6.71. The molecule has 0 saturated heterocycles. The molecule has 0 aromatic rings. The number of hydrogen-bond acceptors (Lipinski definition) is 1. The zero-order valence-corrected chi connectivity index (χ0v) is 13.7. The van der Waals surface area contributed by atoms with Crippen molar-refractivity contribution in [1.82, 2.24) is 0 Å². The van der Waals surface area contributed by atoms with Crippen LogP contribution in [-0.4, -0.2) is 31.7 Å². The highest BCUT2D eigenvalue weighted by atomic mass is 19.2. The smallest absolute Gasteiger partial charge is 0.137 e. The van der Waals surface area contributed by atoms with Gasteiger partial charge in [-0.05, 0) is 55.8 Å². The fourth-order valence-electron chi connectivity index (χ4n) is 5.29. The monoisotopic (exact) mass is 318 g/mol. The highest BCUT2D eigenvalue weighted by Gasteiger charge is 2.54. The fourth-order valence-corrected chi connectivity index (χ4v) is 5.29. The summed E-state index contributed by atoms with van der Waals surface area (Å²) in [6, 6.07) is 0. The number of hydrogen-bond donors (Lipinski definition) is 0. The summed E-state index contributed by atoms with van der Waals surface area (Å²) in [7, 11) is 1.46. The Morgan fingerprint density at radius 1 is 0.773 bits per heavy atom. The lowest BCUT2D eigenvalue weighted by atomic mass is 9.60. The van der Waals surface area contributed by atoms with Crippen LogP contribution in [0.3, 0.4) is 0 Å². The number of methoxy groups -OCH3 is 1. The van der Waals surface area contributed by atoms with Gasteiger partial charge in [0.1, 0.15) is 18.5 Å². The van der Waals surface area contributed by atoms with Crippen LogP contribution in [0.5, 0.6) is 0 Å². The normalized spacial score (nSPS) is 53.0. The van der Waals surface area contributed by atoms with Crippen LogP contribution in [0.15, 0.2) is 0 Å².